The van der Waals surface area contributed by atoms with Gasteiger partial charge in [-0.3, -0.25) is 5.32 Å². The van der Waals surface area contributed by atoms with Crippen LogP contribution in [-0.2, 0) is 15.1 Å². The largest absolute Gasteiger partial charge is 0.467 e. The second-order valence-electron chi connectivity index (χ2n) is 4.58. The van der Waals surface area contributed by atoms with Crippen molar-refractivity contribution >= 4 is 17.7 Å². The molecule has 0 fully saturated rings. The zero-order chi connectivity index (χ0) is 15.7. The number of hydrogen-bond acceptors (Lipinski definition) is 5. The van der Waals surface area contributed by atoms with E-state index in [2.05, 4.69) is 15.3 Å². The van der Waals surface area contributed by atoms with Gasteiger partial charge in [0.25, 0.3) is 0 Å². The first-order valence-electron chi connectivity index (χ1n) is 6.57. The number of carbonyl (C=O) groups excluding carboxylic acids is 1. The van der Waals surface area contributed by atoms with Crippen LogP contribution in [0.3, 0.4) is 0 Å². The number of hydrogen-bond donors (Lipinski definition) is 1. The molecule has 114 valence electrons. The number of nitrogens with zero attached hydrogens (tertiary/aromatic N) is 3. The molecule has 1 N–H and O–H groups in total. The predicted molar refractivity (Wildman–Crippen MR) is 84.2 cm³/mol. The summed E-state index contributed by atoms with van der Waals surface area (Å²) in [4.78, 5) is 16.0. The van der Waals surface area contributed by atoms with E-state index in [0.29, 0.717) is 19.5 Å². The summed E-state index contributed by atoms with van der Waals surface area (Å²) in [7, 11) is 1.37. The van der Waals surface area contributed by atoms with Gasteiger partial charge < -0.3 is 4.74 Å². The molecule has 0 aliphatic carbocycles. The lowest BCUT2D eigenvalue weighted by Gasteiger charge is -2.28. The van der Waals surface area contributed by atoms with Crippen LogP contribution in [0.15, 0.2) is 34.3 Å². The van der Waals surface area contributed by atoms with Gasteiger partial charge in [0, 0.05) is 16.4 Å². The first kappa shape index (κ1) is 17.4. The highest BCUT2D eigenvalue weighted by Crippen LogP contribution is 2.25. The molecule has 7 heteroatoms. The van der Waals surface area contributed by atoms with Gasteiger partial charge in [0.15, 0.2) is 0 Å². The van der Waals surface area contributed by atoms with E-state index in [9.17, 15) is 4.79 Å². The highest BCUT2D eigenvalue weighted by atomic mass is 32.2. The first-order valence-corrected chi connectivity index (χ1v) is 7.79. The summed E-state index contributed by atoms with van der Waals surface area (Å²) < 4.78 is 4.92. The van der Waals surface area contributed by atoms with Gasteiger partial charge in [0.05, 0.1) is 7.11 Å². The third-order valence-corrected chi connectivity index (χ3v) is 3.98. The minimum atomic E-state index is -0.915. The summed E-state index contributed by atoms with van der Waals surface area (Å²) in [5.41, 5.74) is 8.17. The number of ether oxygens (including phenoxy) is 1. The van der Waals surface area contributed by atoms with Crippen molar-refractivity contribution in [3.05, 3.63) is 40.3 Å². The molecule has 6 nitrogen and oxygen atoms in total. The average molecular weight is 308 g/mol. The number of methoxy groups -OCH3 is 1. The van der Waals surface area contributed by atoms with E-state index in [1.54, 1.807) is 18.7 Å². The summed E-state index contributed by atoms with van der Waals surface area (Å²) in [6.45, 7) is 2.74. The van der Waals surface area contributed by atoms with E-state index in [0.717, 1.165) is 10.5 Å². The van der Waals surface area contributed by atoms with Crippen LogP contribution in [0.4, 0.5) is 0 Å². The maximum atomic E-state index is 12.1. The van der Waals surface area contributed by atoms with Gasteiger partial charge in [0.2, 0.25) is 0 Å². The Balaban J connectivity index is 2.86. The molecule has 21 heavy (non-hydrogen) atoms. The highest BCUT2D eigenvalue weighted by Gasteiger charge is 2.35. The molecule has 1 aromatic carbocycles. The second kappa shape index (κ2) is 8.56. The SMILES string of the molecule is COC(=O)C(C)(NCCCN=[N+]=[N-])c1ccc(SC)cc1. The van der Waals surface area contributed by atoms with Crippen molar-refractivity contribution in [3.8, 4) is 0 Å². The second-order valence-corrected chi connectivity index (χ2v) is 5.46. The van der Waals surface area contributed by atoms with E-state index in [-0.39, 0.29) is 5.97 Å². The number of carbonyl (C=O) groups is 1. The van der Waals surface area contributed by atoms with E-state index in [1.807, 2.05) is 30.5 Å². The standard InChI is InChI=1S/C14H20N4O2S/c1-14(13(19)20-2,16-9-4-10-17-18-15)11-5-7-12(21-3)8-6-11/h5-8,16H,4,9-10H2,1-3H3. The first-order chi connectivity index (χ1) is 10.1. The van der Waals surface area contributed by atoms with Crippen molar-refractivity contribution in [1.29, 1.82) is 0 Å². The summed E-state index contributed by atoms with van der Waals surface area (Å²) in [6, 6.07) is 7.79. The fraction of sp³-hybridized carbons (Fsp3) is 0.500. The Morgan fingerprint density at radius 1 is 1.48 bits per heavy atom. The molecular formula is C14H20N4O2S. The minimum absolute atomic E-state index is 0.344. The summed E-state index contributed by atoms with van der Waals surface area (Å²) in [5.74, 6) is -0.344. The minimum Gasteiger partial charge on any atom is -0.467 e. The smallest absolute Gasteiger partial charge is 0.330 e. The monoisotopic (exact) mass is 308 g/mol. The highest BCUT2D eigenvalue weighted by molar-refractivity contribution is 7.98. The molecular weight excluding hydrogens is 288 g/mol. The Morgan fingerprint density at radius 2 is 2.14 bits per heavy atom. The molecule has 0 aliphatic heterocycles. The molecule has 1 unspecified atom stereocenters. The van der Waals surface area contributed by atoms with Gasteiger partial charge >= 0.3 is 5.97 Å². The van der Waals surface area contributed by atoms with Crippen molar-refractivity contribution in [2.45, 2.75) is 23.8 Å². The molecule has 0 radical (unpaired) electrons. The van der Waals surface area contributed by atoms with Crippen LogP contribution in [-0.4, -0.2) is 32.4 Å². The number of thioether (sulfide) groups is 1. The third kappa shape index (κ3) is 4.67. The summed E-state index contributed by atoms with van der Waals surface area (Å²) in [5, 5.41) is 6.67. The third-order valence-electron chi connectivity index (χ3n) is 3.24. The molecule has 0 spiro atoms. The topological polar surface area (TPSA) is 87.1 Å². The van der Waals surface area contributed by atoms with E-state index in [4.69, 9.17) is 10.3 Å². The van der Waals surface area contributed by atoms with Crippen LogP contribution in [0, 0.1) is 0 Å². The maximum absolute atomic E-state index is 12.1. The van der Waals surface area contributed by atoms with Crippen molar-refractivity contribution in [2.75, 3.05) is 26.5 Å². The van der Waals surface area contributed by atoms with Gasteiger partial charge in [0.1, 0.15) is 5.54 Å². The van der Waals surface area contributed by atoms with Crippen molar-refractivity contribution < 1.29 is 9.53 Å². The molecule has 0 aliphatic rings. The number of rotatable bonds is 8. The number of nitrogens with one attached hydrogen (secondary N) is 1. The average Bonchev–Trinajstić information content (AvgIpc) is 2.53. The number of esters is 1. The molecule has 0 heterocycles. The Morgan fingerprint density at radius 3 is 2.67 bits per heavy atom. The summed E-state index contributed by atoms with van der Waals surface area (Å²) in [6.07, 6.45) is 2.65. The van der Waals surface area contributed by atoms with E-state index >= 15 is 0 Å². The van der Waals surface area contributed by atoms with Crippen molar-refractivity contribution in [2.24, 2.45) is 5.11 Å². The lowest BCUT2D eigenvalue weighted by Crippen LogP contribution is -2.47. The number of benzene rings is 1. The van der Waals surface area contributed by atoms with Crippen molar-refractivity contribution in [1.82, 2.24) is 5.32 Å². The quantitative estimate of drug-likeness (QED) is 0.200. The van der Waals surface area contributed by atoms with Gasteiger partial charge in [-0.05, 0) is 49.4 Å². The van der Waals surface area contributed by atoms with Crippen LogP contribution in [0.5, 0.6) is 0 Å². The Kier molecular flexibility index (Phi) is 7.08. The Labute approximate surface area is 128 Å². The van der Waals surface area contributed by atoms with Crippen LogP contribution in [0.1, 0.15) is 18.9 Å². The predicted octanol–water partition coefficient (Wildman–Crippen LogP) is 3.09. The van der Waals surface area contributed by atoms with E-state index in [1.165, 1.54) is 7.11 Å². The molecule has 1 rings (SSSR count). The Bertz CT molecular complexity index is 514. The molecule has 0 saturated carbocycles. The fourth-order valence-corrected chi connectivity index (χ4v) is 2.36. The Hall–Kier alpha value is -1.69. The zero-order valence-corrected chi connectivity index (χ0v) is 13.3. The van der Waals surface area contributed by atoms with E-state index < -0.39 is 5.54 Å². The van der Waals surface area contributed by atoms with Crippen molar-refractivity contribution in [3.63, 3.8) is 0 Å². The fourth-order valence-electron chi connectivity index (χ4n) is 1.95. The van der Waals surface area contributed by atoms with Gasteiger partial charge in [-0.1, -0.05) is 17.2 Å². The zero-order valence-electron chi connectivity index (χ0n) is 12.5. The molecule has 0 bridgehead atoms. The maximum Gasteiger partial charge on any atom is 0.330 e. The molecule has 1 atom stereocenters. The molecule has 1 aromatic rings. The van der Waals surface area contributed by atoms with Crippen LogP contribution < -0.4 is 5.32 Å². The van der Waals surface area contributed by atoms with Gasteiger partial charge in [-0.15, -0.1) is 11.8 Å². The van der Waals surface area contributed by atoms with Gasteiger partial charge in [-0.25, -0.2) is 4.79 Å². The van der Waals surface area contributed by atoms with Crippen LogP contribution in [0.2, 0.25) is 0 Å². The van der Waals surface area contributed by atoms with Crippen LogP contribution in [0.25, 0.3) is 10.4 Å². The summed E-state index contributed by atoms with van der Waals surface area (Å²) >= 11 is 1.65. The lowest BCUT2D eigenvalue weighted by molar-refractivity contribution is -0.148. The van der Waals surface area contributed by atoms with Crippen LogP contribution >= 0.6 is 11.8 Å². The number of azide groups is 1. The van der Waals surface area contributed by atoms with Gasteiger partial charge in [-0.2, -0.15) is 0 Å². The normalized spacial score (nSPS) is 13.1. The molecule has 0 amide bonds. The molecule has 0 aromatic heterocycles. The lowest BCUT2D eigenvalue weighted by atomic mass is 9.92. The molecule has 0 saturated heterocycles.